The second-order valence-electron chi connectivity index (χ2n) is 6.61. The van der Waals surface area contributed by atoms with Gasteiger partial charge in [-0.25, -0.2) is 17.1 Å². The lowest BCUT2D eigenvalue weighted by Crippen LogP contribution is -2.54. The highest BCUT2D eigenvalue weighted by atomic mass is 32.2. The number of rotatable bonds is 7. The van der Waals surface area contributed by atoms with E-state index in [-0.39, 0.29) is 16.9 Å². The third kappa shape index (κ3) is 4.33. The molecule has 7 heteroatoms. The van der Waals surface area contributed by atoms with Crippen LogP contribution in [0.3, 0.4) is 0 Å². The Morgan fingerprint density at radius 3 is 2.42 bits per heavy atom. The number of piperidine rings is 1. The number of ether oxygens (including phenoxy) is 1. The summed E-state index contributed by atoms with van der Waals surface area (Å²) in [6, 6.07) is 6.04. The van der Waals surface area contributed by atoms with Gasteiger partial charge in [-0.15, -0.1) is 0 Å². The van der Waals surface area contributed by atoms with E-state index >= 15 is 0 Å². The summed E-state index contributed by atoms with van der Waals surface area (Å²) >= 11 is 0. The molecule has 136 valence electrons. The van der Waals surface area contributed by atoms with Crippen molar-refractivity contribution >= 4 is 10.0 Å². The maximum absolute atomic E-state index is 13.8. The van der Waals surface area contributed by atoms with Crippen LogP contribution in [0, 0.1) is 5.82 Å². The van der Waals surface area contributed by atoms with Crippen molar-refractivity contribution in [1.29, 1.82) is 0 Å². The summed E-state index contributed by atoms with van der Waals surface area (Å²) in [6.45, 7) is 1.57. The molecule has 0 unspecified atom stereocenters. The summed E-state index contributed by atoms with van der Waals surface area (Å²) in [6.07, 6.45) is 2.37. The molecule has 1 aromatic carbocycles. The first kappa shape index (κ1) is 19.3. The Morgan fingerprint density at radius 1 is 1.25 bits per heavy atom. The number of sulfonamides is 1. The number of benzene rings is 1. The normalized spacial score (nSPS) is 18.9. The molecule has 1 aliphatic heterocycles. The standard InChI is InChI=1S/C17H27FN2O3S/c1-19(2)17(10-13-23-3)8-11-20(12-9-17)24(21,22)14-15-6-4-5-7-16(15)18/h4-7H,8-14H2,1-3H3. The third-order valence-corrected chi connectivity index (χ3v) is 6.89. The van der Waals surface area contributed by atoms with E-state index in [0.29, 0.717) is 19.7 Å². The molecule has 5 nitrogen and oxygen atoms in total. The van der Waals surface area contributed by atoms with Gasteiger partial charge in [0.05, 0.1) is 5.75 Å². The summed E-state index contributed by atoms with van der Waals surface area (Å²) in [4.78, 5) is 2.17. The number of hydrogen-bond acceptors (Lipinski definition) is 4. The van der Waals surface area contributed by atoms with Crippen LogP contribution in [0.2, 0.25) is 0 Å². The summed E-state index contributed by atoms with van der Waals surface area (Å²) < 4.78 is 45.7. The lowest BCUT2D eigenvalue weighted by atomic mass is 9.84. The predicted octanol–water partition coefficient (Wildman–Crippen LogP) is 2.09. The molecule has 0 spiro atoms. The van der Waals surface area contributed by atoms with Crippen molar-refractivity contribution in [2.75, 3.05) is 40.9 Å². The van der Waals surface area contributed by atoms with E-state index in [4.69, 9.17) is 4.74 Å². The maximum Gasteiger partial charge on any atom is 0.218 e. The summed E-state index contributed by atoms with van der Waals surface area (Å²) in [7, 11) is 2.22. The average molecular weight is 358 g/mol. The zero-order chi connectivity index (χ0) is 17.8. The van der Waals surface area contributed by atoms with Gasteiger partial charge in [-0.3, -0.25) is 0 Å². The van der Waals surface area contributed by atoms with Gasteiger partial charge in [-0.05, 0) is 39.4 Å². The number of halogens is 1. The molecular weight excluding hydrogens is 331 g/mol. The van der Waals surface area contributed by atoms with Crippen molar-refractivity contribution in [3.63, 3.8) is 0 Å². The Kier molecular flexibility index (Phi) is 6.36. The maximum atomic E-state index is 13.8. The fourth-order valence-electron chi connectivity index (χ4n) is 3.30. The van der Waals surface area contributed by atoms with E-state index < -0.39 is 15.8 Å². The topological polar surface area (TPSA) is 49.9 Å². The van der Waals surface area contributed by atoms with Crippen LogP contribution >= 0.6 is 0 Å². The molecule has 0 aromatic heterocycles. The summed E-state index contributed by atoms with van der Waals surface area (Å²) in [5, 5.41) is 0. The molecule has 0 radical (unpaired) electrons. The lowest BCUT2D eigenvalue weighted by Gasteiger charge is -2.45. The Morgan fingerprint density at radius 2 is 1.88 bits per heavy atom. The van der Waals surface area contributed by atoms with Crippen molar-refractivity contribution in [3.8, 4) is 0 Å². The van der Waals surface area contributed by atoms with Crippen LogP contribution in [-0.2, 0) is 20.5 Å². The van der Waals surface area contributed by atoms with E-state index in [9.17, 15) is 12.8 Å². The minimum Gasteiger partial charge on any atom is -0.385 e. The first-order valence-electron chi connectivity index (χ1n) is 8.18. The molecule has 2 rings (SSSR count). The van der Waals surface area contributed by atoms with E-state index in [1.165, 1.54) is 16.4 Å². The van der Waals surface area contributed by atoms with Gasteiger partial charge in [0.1, 0.15) is 5.82 Å². The molecule has 0 bridgehead atoms. The molecule has 0 N–H and O–H groups in total. The van der Waals surface area contributed by atoms with Crippen molar-refractivity contribution in [2.24, 2.45) is 0 Å². The van der Waals surface area contributed by atoms with Crippen molar-refractivity contribution in [1.82, 2.24) is 9.21 Å². The van der Waals surface area contributed by atoms with Gasteiger partial charge >= 0.3 is 0 Å². The summed E-state index contributed by atoms with van der Waals surface area (Å²) in [5.74, 6) is -0.756. The molecular formula is C17H27FN2O3S. The Hall–Kier alpha value is -1.02. The molecule has 1 saturated heterocycles. The van der Waals surface area contributed by atoms with E-state index in [2.05, 4.69) is 4.90 Å². The van der Waals surface area contributed by atoms with Gasteiger partial charge < -0.3 is 9.64 Å². The average Bonchev–Trinajstić information content (AvgIpc) is 2.55. The van der Waals surface area contributed by atoms with Gasteiger partial charge in [-0.2, -0.15) is 0 Å². The highest BCUT2D eigenvalue weighted by Gasteiger charge is 2.39. The number of hydrogen-bond donors (Lipinski definition) is 0. The Labute approximate surface area is 144 Å². The van der Waals surface area contributed by atoms with Crippen LogP contribution in [-0.4, -0.2) is 64.1 Å². The zero-order valence-corrected chi connectivity index (χ0v) is 15.5. The molecule has 0 amide bonds. The van der Waals surface area contributed by atoms with Crippen LogP contribution in [0.4, 0.5) is 4.39 Å². The first-order chi connectivity index (χ1) is 11.3. The van der Waals surface area contributed by atoms with Gasteiger partial charge in [0.25, 0.3) is 0 Å². The fourth-order valence-corrected chi connectivity index (χ4v) is 4.85. The molecule has 1 aromatic rings. The highest BCUT2D eigenvalue weighted by molar-refractivity contribution is 7.88. The van der Waals surface area contributed by atoms with Crippen LogP contribution in [0.5, 0.6) is 0 Å². The summed E-state index contributed by atoms with van der Waals surface area (Å²) in [5.41, 5.74) is 0.182. The largest absolute Gasteiger partial charge is 0.385 e. The van der Waals surface area contributed by atoms with E-state index in [1.807, 2.05) is 14.1 Å². The SMILES string of the molecule is COCCC1(N(C)C)CCN(S(=O)(=O)Cc2ccccc2F)CC1. The van der Waals surface area contributed by atoms with Crippen molar-refractivity contribution < 1.29 is 17.5 Å². The second kappa shape index (κ2) is 7.91. The second-order valence-corrected chi connectivity index (χ2v) is 8.58. The lowest BCUT2D eigenvalue weighted by molar-refractivity contribution is 0.0467. The van der Waals surface area contributed by atoms with E-state index in [0.717, 1.165) is 19.3 Å². The minimum atomic E-state index is -3.51. The van der Waals surface area contributed by atoms with E-state index in [1.54, 1.807) is 19.2 Å². The third-order valence-electron chi connectivity index (χ3n) is 5.06. The molecule has 1 heterocycles. The quantitative estimate of drug-likeness (QED) is 0.749. The number of nitrogens with zero attached hydrogens (tertiary/aromatic N) is 2. The molecule has 1 fully saturated rings. The van der Waals surface area contributed by atoms with Gasteiger partial charge in [0, 0.05) is 37.9 Å². The molecule has 0 saturated carbocycles. The van der Waals surface area contributed by atoms with Crippen LogP contribution < -0.4 is 0 Å². The van der Waals surface area contributed by atoms with Crippen LogP contribution in [0.15, 0.2) is 24.3 Å². The van der Waals surface area contributed by atoms with Crippen LogP contribution in [0.1, 0.15) is 24.8 Å². The monoisotopic (exact) mass is 358 g/mol. The minimum absolute atomic E-state index is 0.0416. The van der Waals surface area contributed by atoms with Gasteiger partial charge in [-0.1, -0.05) is 18.2 Å². The Balaban J connectivity index is 2.06. The molecule has 0 atom stereocenters. The van der Waals surface area contributed by atoms with Gasteiger partial charge in [0.2, 0.25) is 10.0 Å². The molecule has 1 aliphatic rings. The smallest absolute Gasteiger partial charge is 0.218 e. The zero-order valence-electron chi connectivity index (χ0n) is 14.7. The fraction of sp³-hybridized carbons (Fsp3) is 0.647. The Bertz CT molecular complexity index is 641. The molecule has 0 aliphatic carbocycles. The highest BCUT2D eigenvalue weighted by Crippen LogP contribution is 2.32. The van der Waals surface area contributed by atoms with Gasteiger partial charge in [0.15, 0.2) is 0 Å². The van der Waals surface area contributed by atoms with Crippen molar-refractivity contribution in [2.45, 2.75) is 30.6 Å². The van der Waals surface area contributed by atoms with Crippen molar-refractivity contribution in [3.05, 3.63) is 35.6 Å². The first-order valence-corrected chi connectivity index (χ1v) is 9.79. The van der Waals surface area contributed by atoms with Crippen LogP contribution in [0.25, 0.3) is 0 Å². The molecule has 24 heavy (non-hydrogen) atoms. The predicted molar refractivity (Wildman–Crippen MR) is 92.7 cm³/mol. The number of methoxy groups -OCH3 is 1.